The normalized spacial score (nSPS) is 17.1. The number of aliphatic hydroxyl groups excluding tert-OH is 1. The van der Waals surface area contributed by atoms with E-state index in [1.54, 1.807) is 36.4 Å². The summed E-state index contributed by atoms with van der Waals surface area (Å²) in [5, 5.41) is 22.3. The molecular weight excluding hydrogens is 452 g/mol. The van der Waals surface area contributed by atoms with Crippen LogP contribution in [0.4, 0.5) is 5.69 Å². The van der Waals surface area contributed by atoms with Gasteiger partial charge in [0.05, 0.1) is 36.0 Å². The standard InChI is InChI=1S/C26H24N2O7/c1-2-3-13-34-20-7-4-6-18(15-20)24(29)22-23(17-9-11-19(12-10-17)28(32)33)27(26(31)25(22)30)16-21-8-5-14-35-21/h4-12,14-15,23,29H,2-3,13,16H2,1H3. The molecule has 1 atom stereocenters. The van der Waals surface area contributed by atoms with Crippen LogP contribution >= 0.6 is 0 Å². The van der Waals surface area contributed by atoms with Crippen LogP contribution in [0.3, 0.4) is 0 Å². The molecular formula is C26H24N2O7. The largest absolute Gasteiger partial charge is 0.507 e. The Labute approximate surface area is 201 Å². The molecule has 35 heavy (non-hydrogen) atoms. The number of benzene rings is 2. The summed E-state index contributed by atoms with van der Waals surface area (Å²) in [6.45, 7) is 2.54. The Morgan fingerprint density at radius 1 is 1.14 bits per heavy atom. The van der Waals surface area contributed by atoms with Gasteiger partial charge in [0, 0.05) is 17.7 Å². The summed E-state index contributed by atoms with van der Waals surface area (Å²) in [7, 11) is 0. The van der Waals surface area contributed by atoms with Crippen LogP contribution in [0.25, 0.3) is 5.76 Å². The van der Waals surface area contributed by atoms with Gasteiger partial charge in [-0.1, -0.05) is 25.5 Å². The number of nitro benzene ring substituents is 1. The van der Waals surface area contributed by atoms with Gasteiger partial charge < -0.3 is 19.2 Å². The quantitative estimate of drug-likeness (QED) is 0.115. The van der Waals surface area contributed by atoms with E-state index < -0.39 is 22.7 Å². The molecule has 0 aliphatic carbocycles. The van der Waals surface area contributed by atoms with E-state index in [0.29, 0.717) is 29.2 Å². The van der Waals surface area contributed by atoms with Gasteiger partial charge in [-0.2, -0.15) is 0 Å². The van der Waals surface area contributed by atoms with Crippen molar-refractivity contribution in [3.8, 4) is 5.75 Å². The number of non-ortho nitro benzene ring substituents is 1. The molecule has 4 rings (SSSR count). The van der Waals surface area contributed by atoms with Gasteiger partial charge in [0.25, 0.3) is 17.4 Å². The van der Waals surface area contributed by atoms with E-state index >= 15 is 0 Å². The molecule has 1 aromatic heterocycles. The van der Waals surface area contributed by atoms with Crippen molar-refractivity contribution in [3.63, 3.8) is 0 Å². The first kappa shape index (κ1) is 23.7. The van der Waals surface area contributed by atoms with Gasteiger partial charge in [0.2, 0.25) is 0 Å². The van der Waals surface area contributed by atoms with Crippen molar-refractivity contribution in [1.82, 2.24) is 4.90 Å². The van der Waals surface area contributed by atoms with Crippen molar-refractivity contribution in [3.05, 3.63) is 99.5 Å². The minimum absolute atomic E-state index is 0.0177. The lowest BCUT2D eigenvalue weighted by atomic mass is 9.95. The average Bonchev–Trinajstić information content (AvgIpc) is 3.46. The molecule has 0 radical (unpaired) electrons. The number of rotatable bonds is 9. The molecule has 1 unspecified atom stereocenters. The average molecular weight is 476 g/mol. The summed E-state index contributed by atoms with van der Waals surface area (Å²) in [5.74, 6) is -1.03. The molecule has 1 aliphatic heterocycles. The maximum absolute atomic E-state index is 13.1. The molecule has 1 aliphatic rings. The molecule has 1 N–H and O–H groups in total. The number of carbonyl (C=O) groups is 2. The third-order valence-electron chi connectivity index (χ3n) is 5.74. The Morgan fingerprint density at radius 3 is 2.57 bits per heavy atom. The van der Waals surface area contributed by atoms with Crippen LogP contribution in [-0.4, -0.2) is 33.2 Å². The van der Waals surface area contributed by atoms with Gasteiger partial charge in [0.15, 0.2) is 0 Å². The number of nitro groups is 1. The zero-order valence-electron chi connectivity index (χ0n) is 19.0. The molecule has 1 amide bonds. The molecule has 0 bridgehead atoms. The van der Waals surface area contributed by atoms with Gasteiger partial charge in [-0.3, -0.25) is 19.7 Å². The fourth-order valence-corrected chi connectivity index (χ4v) is 3.96. The zero-order chi connectivity index (χ0) is 24.9. The molecule has 9 heteroatoms. The van der Waals surface area contributed by atoms with Crippen LogP contribution in [0.1, 0.15) is 42.7 Å². The number of nitrogens with zero attached hydrogens (tertiary/aromatic N) is 2. The molecule has 0 spiro atoms. The van der Waals surface area contributed by atoms with Gasteiger partial charge >= 0.3 is 0 Å². The fraction of sp³-hybridized carbons (Fsp3) is 0.231. The highest BCUT2D eigenvalue weighted by molar-refractivity contribution is 6.46. The topological polar surface area (TPSA) is 123 Å². The third kappa shape index (κ3) is 4.93. The highest BCUT2D eigenvalue weighted by atomic mass is 16.6. The van der Waals surface area contributed by atoms with Crippen molar-refractivity contribution < 1.29 is 28.8 Å². The van der Waals surface area contributed by atoms with E-state index in [2.05, 4.69) is 0 Å². The monoisotopic (exact) mass is 476 g/mol. The fourth-order valence-electron chi connectivity index (χ4n) is 3.96. The maximum atomic E-state index is 13.1. The van der Waals surface area contributed by atoms with E-state index in [0.717, 1.165) is 12.8 Å². The number of amides is 1. The van der Waals surface area contributed by atoms with Gasteiger partial charge in [-0.15, -0.1) is 0 Å². The number of Topliss-reactive ketones (excluding diaryl/α,β-unsaturated/α-hetero) is 1. The number of unbranched alkanes of at least 4 members (excludes halogenated alkanes) is 1. The van der Waals surface area contributed by atoms with Crippen LogP contribution in [0.5, 0.6) is 5.75 Å². The lowest BCUT2D eigenvalue weighted by Crippen LogP contribution is -2.29. The Balaban J connectivity index is 1.79. The van der Waals surface area contributed by atoms with Crippen LogP contribution in [0.2, 0.25) is 0 Å². The predicted molar refractivity (Wildman–Crippen MR) is 126 cm³/mol. The number of hydrogen-bond donors (Lipinski definition) is 1. The van der Waals surface area contributed by atoms with Crippen molar-refractivity contribution in [1.29, 1.82) is 0 Å². The highest BCUT2D eigenvalue weighted by Gasteiger charge is 2.46. The van der Waals surface area contributed by atoms with Crippen LogP contribution in [0.15, 0.2) is 76.9 Å². The summed E-state index contributed by atoms with van der Waals surface area (Å²) >= 11 is 0. The predicted octanol–water partition coefficient (Wildman–Crippen LogP) is 4.99. The number of aliphatic hydroxyl groups is 1. The molecule has 9 nitrogen and oxygen atoms in total. The summed E-state index contributed by atoms with van der Waals surface area (Å²) < 4.78 is 11.1. The lowest BCUT2D eigenvalue weighted by Gasteiger charge is -2.24. The number of carbonyl (C=O) groups excluding carboxylic acids is 2. The molecule has 2 aromatic carbocycles. The van der Waals surface area contributed by atoms with Crippen LogP contribution < -0.4 is 4.74 Å². The number of ketones is 1. The minimum atomic E-state index is -0.967. The highest BCUT2D eigenvalue weighted by Crippen LogP contribution is 2.41. The molecule has 1 fully saturated rings. The smallest absolute Gasteiger partial charge is 0.296 e. The molecule has 1 saturated heterocycles. The summed E-state index contributed by atoms with van der Waals surface area (Å²) in [5.41, 5.74) is 0.523. The lowest BCUT2D eigenvalue weighted by molar-refractivity contribution is -0.384. The van der Waals surface area contributed by atoms with Crippen molar-refractivity contribution >= 4 is 23.1 Å². The number of likely N-dealkylation sites (tertiary alicyclic amines) is 1. The Morgan fingerprint density at radius 2 is 1.91 bits per heavy atom. The number of ether oxygens (including phenoxy) is 1. The maximum Gasteiger partial charge on any atom is 0.296 e. The van der Waals surface area contributed by atoms with E-state index in [1.807, 2.05) is 6.92 Å². The second-order valence-corrected chi connectivity index (χ2v) is 8.08. The van der Waals surface area contributed by atoms with Crippen LogP contribution in [0, 0.1) is 10.1 Å². The Kier molecular flexibility index (Phi) is 6.96. The summed E-state index contributed by atoms with van der Waals surface area (Å²) in [6, 6.07) is 14.6. The van der Waals surface area contributed by atoms with Gasteiger partial charge in [-0.25, -0.2) is 0 Å². The summed E-state index contributed by atoms with van der Waals surface area (Å²) in [6.07, 6.45) is 3.29. The first-order valence-electron chi connectivity index (χ1n) is 11.2. The van der Waals surface area contributed by atoms with E-state index in [4.69, 9.17) is 9.15 Å². The van der Waals surface area contributed by atoms with E-state index in [9.17, 15) is 24.8 Å². The molecule has 180 valence electrons. The molecule has 2 heterocycles. The first-order chi connectivity index (χ1) is 16.9. The van der Waals surface area contributed by atoms with Gasteiger partial charge in [0.1, 0.15) is 17.3 Å². The zero-order valence-corrected chi connectivity index (χ0v) is 19.0. The molecule has 3 aromatic rings. The summed E-state index contributed by atoms with van der Waals surface area (Å²) in [4.78, 5) is 38.0. The third-order valence-corrected chi connectivity index (χ3v) is 5.74. The van der Waals surface area contributed by atoms with Crippen LogP contribution in [-0.2, 0) is 16.1 Å². The van der Waals surface area contributed by atoms with E-state index in [1.165, 1.54) is 35.4 Å². The second kappa shape index (κ2) is 10.3. The van der Waals surface area contributed by atoms with Crippen molar-refractivity contribution in [2.75, 3.05) is 6.61 Å². The first-order valence-corrected chi connectivity index (χ1v) is 11.2. The van der Waals surface area contributed by atoms with Crippen molar-refractivity contribution in [2.24, 2.45) is 0 Å². The SMILES string of the molecule is CCCCOc1cccc(C(O)=C2C(=O)C(=O)N(Cc3ccco3)C2c2ccc([N+](=O)[O-])cc2)c1. The second-order valence-electron chi connectivity index (χ2n) is 8.08. The minimum Gasteiger partial charge on any atom is -0.507 e. The Hall–Kier alpha value is -4.40. The number of furan rings is 1. The Bertz CT molecular complexity index is 1260. The van der Waals surface area contributed by atoms with Crippen molar-refractivity contribution in [2.45, 2.75) is 32.4 Å². The number of hydrogen-bond acceptors (Lipinski definition) is 7. The van der Waals surface area contributed by atoms with E-state index in [-0.39, 0.29) is 23.6 Å². The van der Waals surface area contributed by atoms with Gasteiger partial charge in [-0.05, 0) is 48.4 Å². The molecule has 0 saturated carbocycles.